The summed E-state index contributed by atoms with van der Waals surface area (Å²) in [6.45, 7) is 0. The molecule has 3 rings (SSSR count). The molecule has 2 aromatic carbocycles. The van der Waals surface area contributed by atoms with Gasteiger partial charge in [0.05, 0.1) is 5.69 Å². The number of carbonyl (C=O) groups is 1. The van der Waals surface area contributed by atoms with Gasteiger partial charge in [0.2, 0.25) is 0 Å². The zero-order valence-electron chi connectivity index (χ0n) is 10.5. The Bertz CT molecular complexity index is 809. The molecule has 0 radical (unpaired) electrons. The van der Waals surface area contributed by atoms with Crippen LogP contribution in [0.15, 0.2) is 54.9 Å². The summed E-state index contributed by atoms with van der Waals surface area (Å²) in [5, 5.41) is 1.67. The van der Waals surface area contributed by atoms with Crippen molar-refractivity contribution < 1.29 is 9.18 Å². The van der Waals surface area contributed by atoms with Crippen molar-refractivity contribution in [2.75, 3.05) is 5.73 Å². The summed E-state index contributed by atoms with van der Waals surface area (Å²) < 4.78 is 13.5. The van der Waals surface area contributed by atoms with E-state index in [1.165, 1.54) is 18.3 Å². The molecule has 3 aromatic rings. The molecule has 2 N–H and O–H groups in total. The van der Waals surface area contributed by atoms with E-state index in [1.54, 1.807) is 6.20 Å². The van der Waals surface area contributed by atoms with Crippen LogP contribution < -0.4 is 5.73 Å². The van der Waals surface area contributed by atoms with Gasteiger partial charge in [-0.3, -0.25) is 9.78 Å². The van der Waals surface area contributed by atoms with E-state index in [9.17, 15) is 9.18 Å². The number of carbonyl (C=O) groups excluding carboxylic acids is 1. The molecule has 4 heteroatoms. The van der Waals surface area contributed by atoms with Crippen molar-refractivity contribution in [1.29, 1.82) is 0 Å². The lowest BCUT2D eigenvalue weighted by molar-refractivity contribution is 0.103. The quantitative estimate of drug-likeness (QED) is 0.572. The molecule has 20 heavy (non-hydrogen) atoms. The number of pyridine rings is 1. The fourth-order valence-corrected chi connectivity index (χ4v) is 2.12. The number of nitrogens with zero attached hydrogens (tertiary/aromatic N) is 1. The number of benzene rings is 2. The van der Waals surface area contributed by atoms with E-state index in [4.69, 9.17) is 5.73 Å². The Hall–Kier alpha value is -2.75. The fourth-order valence-electron chi connectivity index (χ4n) is 2.12. The van der Waals surface area contributed by atoms with Crippen molar-refractivity contribution in [2.24, 2.45) is 0 Å². The van der Waals surface area contributed by atoms with Crippen LogP contribution in [0.5, 0.6) is 0 Å². The third-order valence-electron chi connectivity index (χ3n) is 3.18. The first-order valence-electron chi connectivity index (χ1n) is 6.09. The molecule has 0 fully saturated rings. The minimum absolute atomic E-state index is 0.0256. The van der Waals surface area contributed by atoms with Crippen LogP contribution in [-0.4, -0.2) is 10.8 Å². The van der Waals surface area contributed by atoms with Crippen molar-refractivity contribution >= 4 is 22.2 Å². The number of rotatable bonds is 2. The second kappa shape index (κ2) is 4.74. The number of nitrogens with two attached hydrogens (primary N) is 1. The summed E-state index contributed by atoms with van der Waals surface area (Å²) >= 11 is 0. The smallest absolute Gasteiger partial charge is 0.195 e. The molecule has 0 saturated carbocycles. The molecular formula is C16H11FN2O. The minimum atomic E-state index is -0.593. The molecule has 0 aliphatic carbocycles. The van der Waals surface area contributed by atoms with Crippen molar-refractivity contribution in [1.82, 2.24) is 4.98 Å². The predicted octanol–water partition coefficient (Wildman–Crippen LogP) is 3.19. The van der Waals surface area contributed by atoms with Gasteiger partial charge in [-0.25, -0.2) is 4.39 Å². The number of hydrogen-bond donors (Lipinski definition) is 1. The molecule has 0 aliphatic rings. The summed E-state index contributed by atoms with van der Waals surface area (Å²) in [5.74, 6) is -0.864. The van der Waals surface area contributed by atoms with Crippen LogP contribution in [0.1, 0.15) is 15.9 Å². The fraction of sp³-hybridized carbons (Fsp3) is 0. The van der Waals surface area contributed by atoms with Gasteiger partial charge >= 0.3 is 0 Å². The first-order chi connectivity index (χ1) is 9.66. The van der Waals surface area contributed by atoms with Crippen LogP contribution in [0, 0.1) is 5.82 Å². The minimum Gasteiger partial charge on any atom is -0.396 e. The summed E-state index contributed by atoms with van der Waals surface area (Å²) in [4.78, 5) is 16.5. The van der Waals surface area contributed by atoms with Crippen LogP contribution in [0.25, 0.3) is 10.8 Å². The van der Waals surface area contributed by atoms with Crippen LogP contribution in [0.4, 0.5) is 10.1 Å². The maximum absolute atomic E-state index is 13.5. The highest BCUT2D eigenvalue weighted by molar-refractivity contribution is 6.16. The Kier molecular flexibility index (Phi) is 2.91. The summed E-state index contributed by atoms with van der Waals surface area (Å²) in [6, 6.07) is 11.5. The van der Waals surface area contributed by atoms with E-state index in [-0.39, 0.29) is 17.0 Å². The Morgan fingerprint density at radius 2 is 1.90 bits per heavy atom. The molecule has 0 amide bonds. The molecular weight excluding hydrogens is 255 g/mol. The summed E-state index contributed by atoms with van der Waals surface area (Å²) in [7, 11) is 0. The number of fused-ring (bicyclic) bond motifs is 1. The third kappa shape index (κ3) is 2.01. The van der Waals surface area contributed by atoms with Gasteiger partial charge in [0.1, 0.15) is 5.82 Å². The second-order valence-corrected chi connectivity index (χ2v) is 4.47. The predicted molar refractivity (Wildman–Crippen MR) is 76.0 cm³/mol. The molecule has 0 aliphatic heterocycles. The number of ketones is 1. The van der Waals surface area contributed by atoms with Gasteiger partial charge in [0.25, 0.3) is 0 Å². The van der Waals surface area contributed by atoms with Gasteiger partial charge < -0.3 is 5.73 Å². The molecule has 0 atom stereocenters. The molecule has 98 valence electrons. The zero-order chi connectivity index (χ0) is 14.1. The first kappa shape index (κ1) is 12.3. The van der Waals surface area contributed by atoms with E-state index in [0.717, 1.165) is 16.8 Å². The lowest BCUT2D eigenvalue weighted by atomic mass is 9.99. The Morgan fingerprint density at radius 3 is 2.70 bits per heavy atom. The largest absolute Gasteiger partial charge is 0.396 e. The van der Waals surface area contributed by atoms with E-state index >= 15 is 0 Å². The lowest BCUT2D eigenvalue weighted by Crippen LogP contribution is -2.04. The lowest BCUT2D eigenvalue weighted by Gasteiger charge is -2.06. The van der Waals surface area contributed by atoms with Gasteiger partial charge in [-0.05, 0) is 23.6 Å². The van der Waals surface area contributed by atoms with Crippen molar-refractivity contribution in [3.05, 3.63) is 71.8 Å². The SMILES string of the molecule is Nc1ccc(C(=O)c2cncc3ccccc23)cc1F. The summed E-state index contributed by atoms with van der Waals surface area (Å²) in [6.07, 6.45) is 3.19. The normalized spacial score (nSPS) is 10.7. The average molecular weight is 266 g/mol. The van der Waals surface area contributed by atoms with Gasteiger partial charge in [-0.15, -0.1) is 0 Å². The Labute approximate surface area is 114 Å². The molecule has 0 bridgehead atoms. The number of hydrogen-bond acceptors (Lipinski definition) is 3. The highest BCUT2D eigenvalue weighted by Gasteiger charge is 2.14. The molecule has 3 nitrogen and oxygen atoms in total. The first-order valence-corrected chi connectivity index (χ1v) is 6.09. The Morgan fingerprint density at radius 1 is 1.10 bits per heavy atom. The Balaban J connectivity index is 2.15. The molecule has 0 spiro atoms. The molecule has 1 aromatic heterocycles. The topological polar surface area (TPSA) is 56.0 Å². The van der Waals surface area contributed by atoms with Crippen molar-refractivity contribution in [3.63, 3.8) is 0 Å². The van der Waals surface area contributed by atoms with Crippen LogP contribution in [0.2, 0.25) is 0 Å². The number of nitrogen functional groups attached to an aromatic ring is 1. The highest BCUT2D eigenvalue weighted by Crippen LogP contribution is 2.21. The zero-order valence-corrected chi connectivity index (χ0v) is 10.5. The van der Waals surface area contributed by atoms with Gasteiger partial charge in [-0.2, -0.15) is 0 Å². The summed E-state index contributed by atoms with van der Waals surface area (Å²) in [5.41, 5.74) is 6.16. The average Bonchev–Trinajstić information content (AvgIpc) is 2.49. The third-order valence-corrected chi connectivity index (χ3v) is 3.18. The number of anilines is 1. The maximum Gasteiger partial charge on any atom is 0.195 e. The molecule has 0 saturated heterocycles. The van der Waals surface area contributed by atoms with Gasteiger partial charge in [-0.1, -0.05) is 24.3 Å². The van der Waals surface area contributed by atoms with Gasteiger partial charge in [0, 0.05) is 28.9 Å². The van der Waals surface area contributed by atoms with Crippen LogP contribution in [0.3, 0.4) is 0 Å². The number of aromatic nitrogens is 1. The van der Waals surface area contributed by atoms with E-state index in [2.05, 4.69) is 4.98 Å². The molecule has 1 heterocycles. The van der Waals surface area contributed by atoms with E-state index < -0.39 is 5.82 Å². The van der Waals surface area contributed by atoms with Crippen LogP contribution in [-0.2, 0) is 0 Å². The van der Waals surface area contributed by atoms with Crippen LogP contribution >= 0.6 is 0 Å². The second-order valence-electron chi connectivity index (χ2n) is 4.47. The van der Waals surface area contributed by atoms with Gasteiger partial charge in [0.15, 0.2) is 5.78 Å². The molecule has 0 unspecified atom stereocenters. The van der Waals surface area contributed by atoms with Crippen molar-refractivity contribution in [3.8, 4) is 0 Å². The standard InChI is InChI=1S/C16H11FN2O/c17-14-7-10(5-6-15(14)18)16(20)13-9-19-8-11-3-1-2-4-12(11)13/h1-9H,18H2. The van der Waals surface area contributed by atoms with E-state index in [1.807, 2.05) is 24.3 Å². The monoisotopic (exact) mass is 266 g/mol. The van der Waals surface area contributed by atoms with Crippen molar-refractivity contribution in [2.45, 2.75) is 0 Å². The maximum atomic E-state index is 13.5. The highest BCUT2D eigenvalue weighted by atomic mass is 19.1. The van der Waals surface area contributed by atoms with E-state index in [0.29, 0.717) is 5.56 Å². The number of halogens is 1.